The Kier molecular flexibility index (Phi) is 4.82. The Hall–Kier alpha value is -1.44. The summed E-state index contributed by atoms with van der Waals surface area (Å²) in [5.41, 5.74) is 1.99. The van der Waals surface area contributed by atoms with E-state index in [-0.39, 0.29) is 24.1 Å². The van der Waals surface area contributed by atoms with Gasteiger partial charge in [0.1, 0.15) is 5.82 Å². The fourth-order valence-electron chi connectivity index (χ4n) is 3.48. The second-order valence-electron chi connectivity index (χ2n) is 7.71. The largest absolute Gasteiger partial charge is 0.252 e. The summed E-state index contributed by atoms with van der Waals surface area (Å²) in [7, 11) is 0. The Morgan fingerprint density at radius 2 is 1.48 bits per heavy atom. The van der Waals surface area contributed by atoms with Crippen LogP contribution in [0.15, 0.2) is 30.3 Å². The number of nitrogens with zero attached hydrogens (tertiary/aromatic N) is 1. The number of pyridine rings is 1. The second kappa shape index (κ2) is 5.75. The van der Waals surface area contributed by atoms with Crippen LogP contribution in [-0.4, -0.2) is 4.98 Å². The number of aromatic nitrogens is 1. The summed E-state index contributed by atoms with van der Waals surface area (Å²) in [4.78, 5) is 4.73. The van der Waals surface area contributed by atoms with Crippen molar-refractivity contribution in [1.29, 1.82) is 0 Å². The summed E-state index contributed by atoms with van der Waals surface area (Å²) in [6.07, 6.45) is 0. The lowest BCUT2D eigenvalue weighted by Crippen LogP contribution is -2.31. The van der Waals surface area contributed by atoms with Crippen LogP contribution in [0.4, 0.5) is 4.39 Å². The van der Waals surface area contributed by atoms with E-state index in [9.17, 15) is 4.39 Å². The molecule has 2 aromatic rings. The van der Waals surface area contributed by atoms with Crippen molar-refractivity contribution in [3.63, 3.8) is 0 Å². The van der Waals surface area contributed by atoms with Gasteiger partial charge in [-0.1, -0.05) is 55.0 Å². The van der Waals surface area contributed by atoms with Crippen LogP contribution in [0.1, 0.15) is 60.6 Å². The van der Waals surface area contributed by atoms with E-state index in [2.05, 4.69) is 41.5 Å². The summed E-state index contributed by atoms with van der Waals surface area (Å²) in [6.45, 7) is 13.4. The SMILES string of the molecule is C.CC(C)(C)C(c1ccc2c(F)cccc2n1)C(C)(C)C. The van der Waals surface area contributed by atoms with Crippen molar-refractivity contribution < 1.29 is 4.39 Å². The van der Waals surface area contributed by atoms with Crippen molar-refractivity contribution >= 4 is 10.9 Å². The Morgan fingerprint density at radius 3 is 2.00 bits per heavy atom. The third-order valence-corrected chi connectivity index (χ3v) is 3.73. The lowest BCUT2D eigenvalue weighted by atomic mass is 9.65. The summed E-state index contributed by atoms with van der Waals surface area (Å²) in [5.74, 6) is 0.104. The van der Waals surface area contributed by atoms with Gasteiger partial charge in [0.05, 0.1) is 5.52 Å². The van der Waals surface area contributed by atoms with E-state index in [4.69, 9.17) is 4.98 Å². The summed E-state index contributed by atoms with van der Waals surface area (Å²) < 4.78 is 13.7. The van der Waals surface area contributed by atoms with Gasteiger partial charge in [0.25, 0.3) is 0 Å². The molecule has 1 aromatic heterocycles. The molecule has 0 unspecified atom stereocenters. The number of hydrogen-bond donors (Lipinski definition) is 0. The quantitative estimate of drug-likeness (QED) is 0.610. The Balaban J connectivity index is 0.00000220. The lowest BCUT2D eigenvalue weighted by molar-refractivity contribution is 0.172. The molecule has 0 N–H and O–H groups in total. The van der Waals surface area contributed by atoms with Crippen molar-refractivity contribution in [3.8, 4) is 0 Å². The molecule has 0 amide bonds. The first-order chi connectivity index (χ1) is 9.10. The molecule has 0 aliphatic rings. The van der Waals surface area contributed by atoms with Crippen LogP contribution in [0.2, 0.25) is 0 Å². The standard InChI is InChI=1S/C18H24FN.CH4/c1-17(2,3)16(18(4,5)6)15-11-10-12-13(19)8-7-9-14(12)20-15;/h7-11,16H,1-6H3;1H4. The van der Waals surface area contributed by atoms with E-state index >= 15 is 0 Å². The normalized spacial score (nSPS) is 12.6. The van der Waals surface area contributed by atoms with Crippen molar-refractivity contribution in [3.05, 3.63) is 41.8 Å². The minimum absolute atomic E-state index is 0. The molecule has 0 atom stereocenters. The second-order valence-corrected chi connectivity index (χ2v) is 7.71. The fourth-order valence-corrected chi connectivity index (χ4v) is 3.48. The highest BCUT2D eigenvalue weighted by Gasteiger charge is 2.37. The molecule has 0 spiro atoms. The van der Waals surface area contributed by atoms with E-state index < -0.39 is 0 Å². The summed E-state index contributed by atoms with van der Waals surface area (Å²) in [5, 5.41) is 0.595. The predicted octanol–water partition coefficient (Wildman–Crippen LogP) is 6.19. The monoisotopic (exact) mass is 289 g/mol. The van der Waals surface area contributed by atoms with Gasteiger partial charge in [-0.05, 0) is 35.1 Å². The van der Waals surface area contributed by atoms with Gasteiger partial charge in [-0.3, -0.25) is 4.98 Å². The molecule has 0 radical (unpaired) electrons. The van der Waals surface area contributed by atoms with E-state index in [1.54, 1.807) is 6.07 Å². The van der Waals surface area contributed by atoms with Gasteiger partial charge in [0.15, 0.2) is 0 Å². The molecule has 1 heterocycles. The van der Waals surface area contributed by atoms with Crippen molar-refractivity contribution in [2.45, 2.75) is 54.9 Å². The molecule has 0 aliphatic heterocycles. The molecule has 0 fully saturated rings. The minimum Gasteiger partial charge on any atom is -0.252 e. The number of hydrogen-bond acceptors (Lipinski definition) is 1. The topological polar surface area (TPSA) is 12.9 Å². The third-order valence-electron chi connectivity index (χ3n) is 3.73. The molecular formula is C19H28FN. The molecule has 1 aromatic carbocycles. The molecule has 2 rings (SSSR count). The van der Waals surface area contributed by atoms with E-state index in [1.807, 2.05) is 18.2 Å². The molecule has 0 saturated carbocycles. The molecule has 2 heteroatoms. The van der Waals surface area contributed by atoms with Gasteiger partial charge in [0.2, 0.25) is 0 Å². The molecule has 0 saturated heterocycles. The zero-order chi connectivity index (χ0) is 15.1. The molecule has 116 valence electrons. The van der Waals surface area contributed by atoms with Gasteiger partial charge < -0.3 is 0 Å². The Morgan fingerprint density at radius 1 is 0.905 bits per heavy atom. The first-order valence-electron chi connectivity index (χ1n) is 7.16. The Bertz CT molecular complexity index is 603. The molecule has 0 aliphatic carbocycles. The van der Waals surface area contributed by atoms with Crippen LogP contribution >= 0.6 is 0 Å². The molecular weight excluding hydrogens is 261 g/mol. The fraction of sp³-hybridized carbons (Fsp3) is 0.526. The van der Waals surface area contributed by atoms with Crippen LogP contribution < -0.4 is 0 Å². The van der Waals surface area contributed by atoms with Crippen LogP contribution in [-0.2, 0) is 0 Å². The van der Waals surface area contributed by atoms with E-state index in [0.717, 1.165) is 11.2 Å². The van der Waals surface area contributed by atoms with Crippen LogP contribution in [0.5, 0.6) is 0 Å². The van der Waals surface area contributed by atoms with Crippen molar-refractivity contribution in [2.75, 3.05) is 0 Å². The van der Waals surface area contributed by atoms with Crippen LogP contribution in [0, 0.1) is 16.6 Å². The average Bonchev–Trinajstić information content (AvgIpc) is 2.25. The number of fused-ring (bicyclic) bond motifs is 1. The van der Waals surface area contributed by atoms with Gasteiger partial charge in [-0.2, -0.15) is 0 Å². The van der Waals surface area contributed by atoms with Gasteiger partial charge in [0, 0.05) is 17.0 Å². The average molecular weight is 289 g/mol. The molecule has 0 bridgehead atoms. The summed E-state index contributed by atoms with van der Waals surface area (Å²) >= 11 is 0. The molecule has 21 heavy (non-hydrogen) atoms. The minimum atomic E-state index is -0.204. The van der Waals surface area contributed by atoms with Gasteiger partial charge >= 0.3 is 0 Å². The maximum absolute atomic E-state index is 13.7. The first kappa shape index (κ1) is 17.6. The first-order valence-corrected chi connectivity index (χ1v) is 7.16. The smallest absolute Gasteiger partial charge is 0.132 e. The van der Waals surface area contributed by atoms with Crippen molar-refractivity contribution in [1.82, 2.24) is 4.98 Å². The van der Waals surface area contributed by atoms with Crippen molar-refractivity contribution in [2.24, 2.45) is 10.8 Å². The highest BCUT2D eigenvalue weighted by molar-refractivity contribution is 5.79. The number of benzene rings is 1. The predicted molar refractivity (Wildman–Crippen MR) is 90.1 cm³/mol. The maximum Gasteiger partial charge on any atom is 0.132 e. The zero-order valence-electron chi connectivity index (χ0n) is 13.3. The number of rotatable bonds is 1. The van der Waals surface area contributed by atoms with Crippen LogP contribution in [0.3, 0.4) is 0 Å². The van der Waals surface area contributed by atoms with E-state index in [1.165, 1.54) is 6.07 Å². The van der Waals surface area contributed by atoms with Gasteiger partial charge in [-0.15, -0.1) is 0 Å². The molecule has 1 nitrogen and oxygen atoms in total. The third kappa shape index (κ3) is 3.61. The maximum atomic E-state index is 13.7. The lowest BCUT2D eigenvalue weighted by Gasteiger charge is -2.40. The summed E-state index contributed by atoms with van der Waals surface area (Å²) in [6, 6.07) is 8.92. The zero-order valence-corrected chi connectivity index (χ0v) is 13.3. The van der Waals surface area contributed by atoms with E-state index in [0.29, 0.717) is 11.3 Å². The van der Waals surface area contributed by atoms with Crippen LogP contribution in [0.25, 0.3) is 10.9 Å². The van der Waals surface area contributed by atoms with Gasteiger partial charge in [-0.25, -0.2) is 4.39 Å². The number of halogens is 1. The highest BCUT2D eigenvalue weighted by Crippen LogP contribution is 2.46. The Labute approximate surface area is 128 Å². The highest BCUT2D eigenvalue weighted by atomic mass is 19.1.